The fourth-order valence-electron chi connectivity index (χ4n) is 2.80. The van der Waals surface area contributed by atoms with Crippen molar-refractivity contribution in [3.63, 3.8) is 0 Å². The van der Waals surface area contributed by atoms with Crippen molar-refractivity contribution in [2.45, 2.75) is 18.3 Å². The second-order valence-corrected chi connectivity index (χ2v) is 6.85. The van der Waals surface area contributed by atoms with E-state index in [0.717, 1.165) is 23.4 Å². The maximum absolute atomic E-state index is 12.0. The van der Waals surface area contributed by atoms with E-state index in [9.17, 15) is 9.90 Å². The molecular weight excluding hydrogens is 304 g/mol. The van der Waals surface area contributed by atoms with Crippen LogP contribution in [0.1, 0.15) is 18.4 Å². The van der Waals surface area contributed by atoms with E-state index in [1.165, 1.54) is 0 Å². The van der Waals surface area contributed by atoms with Crippen molar-refractivity contribution in [3.05, 3.63) is 34.9 Å². The Morgan fingerprint density at radius 3 is 2.45 bits per heavy atom. The Hall–Kier alpha value is -1.30. The summed E-state index contributed by atoms with van der Waals surface area (Å²) in [6.45, 7) is 2.01. The number of hydrogen-bond donors (Lipinski definition) is 3. The summed E-state index contributed by atoms with van der Waals surface area (Å²) in [7, 11) is 0. The quantitative estimate of drug-likeness (QED) is 0.745. The van der Waals surface area contributed by atoms with Crippen molar-refractivity contribution in [1.82, 2.24) is 10.6 Å². The molecule has 1 aliphatic heterocycles. The van der Waals surface area contributed by atoms with Gasteiger partial charge in [-0.3, -0.25) is 0 Å². The number of hydrogen-bond acceptors (Lipinski definition) is 3. The number of aliphatic hydroxyl groups excluding tert-OH is 1. The molecule has 1 heterocycles. The van der Waals surface area contributed by atoms with Gasteiger partial charge in [-0.1, -0.05) is 29.8 Å². The lowest BCUT2D eigenvalue weighted by Crippen LogP contribution is -2.54. The molecule has 2 amide bonds. The number of halogens is 1. The minimum atomic E-state index is -0.308. The summed E-state index contributed by atoms with van der Waals surface area (Å²) in [5.41, 5.74) is 0.776. The first-order valence-electron chi connectivity index (χ1n) is 7.55. The molecule has 0 radical (unpaired) electrons. The molecule has 2 fully saturated rings. The molecule has 1 aromatic carbocycles. The van der Waals surface area contributed by atoms with Crippen molar-refractivity contribution >= 4 is 17.6 Å². The van der Waals surface area contributed by atoms with Crippen molar-refractivity contribution in [3.8, 4) is 0 Å². The minimum absolute atomic E-state index is 0.0239. The van der Waals surface area contributed by atoms with E-state index in [0.29, 0.717) is 26.3 Å². The van der Waals surface area contributed by atoms with Gasteiger partial charge in [0.1, 0.15) is 0 Å². The van der Waals surface area contributed by atoms with Gasteiger partial charge in [0.05, 0.1) is 25.2 Å². The van der Waals surface area contributed by atoms with Crippen LogP contribution in [0.4, 0.5) is 4.79 Å². The van der Waals surface area contributed by atoms with Gasteiger partial charge in [-0.05, 0) is 24.5 Å². The maximum Gasteiger partial charge on any atom is 0.314 e. The molecule has 2 aliphatic rings. The van der Waals surface area contributed by atoms with Crippen LogP contribution in [0.2, 0.25) is 5.02 Å². The van der Waals surface area contributed by atoms with Crippen LogP contribution in [-0.2, 0) is 10.2 Å². The monoisotopic (exact) mass is 324 g/mol. The lowest BCUT2D eigenvalue weighted by molar-refractivity contribution is -0.132. The number of carbonyl (C=O) groups excluding carboxylic acids is 1. The molecular formula is C16H21ClN2O3. The zero-order chi connectivity index (χ0) is 15.6. The van der Waals surface area contributed by atoms with E-state index in [-0.39, 0.29) is 23.5 Å². The molecule has 0 unspecified atom stereocenters. The average Bonchev–Trinajstić information content (AvgIpc) is 3.26. The van der Waals surface area contributed by atoms with Crippen LogP contribution < -0.4 is 10.6 Å². The third-order valence-corrected chi connectivity index (χ3v) is 4.99. The maximum atomic E-state index is 12.0. The van der Waals surface area contributed by atoms with Crippen molar-refractivity contribution in [2.75, 3.05) is 32.9 Å². The molecule has 1 saturated heterocycles. The van der Waals surface area contributed by atoms with Crippen molar-refractivity contribution in [1.29, 1.82) is 0 Å². The first-order chi connectivity index (χ1) is 10.6. The highest BCUT2D eigenvalue weighted by molar-refractivity contribution is 6.31. The molecule has 1 saturated carbocycles. The van der Waals surface area contributed by atoms with Gasteiger partial charge in [0.2, 0.25) is 0 Å². The normalized spacial score (nSPS) is 20.8. The van der Waals surface area contributed by atoms with Gasteiger partial charge in [0.25, 0.3) is 0 Å². The summed E-state index contributed by atoms with van der Waals surface area (Å²) in [6, 6.07) is 7.60. The fourth-order valence-corrected chi connectivity index (χ4v) is 3.14. The van der Waals surface area contributed by atoms with E-state index in [4.69, 9.17) is 16.3 Å². The molecule has 5 nitrogen and oxygen atoms in total. The highest BCUT2D eigenvalue weighted by atomic mass is 35.5. The predicted octanol–water partition coefficient (Wildman–Crippen LogP) is 1.68. The van der Waals surface area contributed by atoms with Crippen LogP contribution in [0.3, 0.4) is 0 Å². The van der Waals surface area contributed by atoms with Gasteiger partial charge in [-0.25, -0.2) is 4.79 Å². The molecule has 0 bridgehead atoms. The van der Waals surface area contributed by atoms with Crippen LogP contribution in [0.25, 0.3) is 0 Å². The number of rotatable bonds is 6. The summed E-state index contributed by atoms with van der Waals surface area (Å²) in [5.74, 6) is 0. The number of urea groups is 1. The van der Waals surface area contributed by atoms with Gasteiger partial charge in [-0.2, -0.15) is 0 Å². The molecule has 3 rings (SSSR count). The largest absolute Gasteiger partial charge is 0.396 e. The standard InChI is InChI=1S/C16H21ClN2O3/c17-13-4-2-1-3-12(13)16(5-6-16)8-19-14(21)18-7-15(9-20)10-22-11-15/h1-4,20H,5-11H2,(H2,18,19,21). The smallest absolute Gasteiger partial charge is 0.314 e. The van der Waals surface area contributed by atoms with Gasteiger partial charge < -0.3 is 20.5 Å². The second kappa shape index (κ2) is 6.07. The van der Waals surface area contributed by atoms with Crippen LogP contribution in [0.15, 0.2) is 24.3 Å². The average molecular weight is 325 g/mol. The summed E-state index contributed by atoms with van der Waals surface area (Å²) in [4.78, 5) is 12.0. The third-order valence-electron chi connectivity index (χ3n) is 4.66. The molecule has 1 aromatic rings. The molecule has 0 aromatic heterocycles. The summed E-state index contributed by atoms with van der Waals surface area (Å²) in [6.07, 6.45) is 2.07. The molecule has 0 atom stereocenters. The van der Waals surface area contributed by atoms with E-state index in [1.807, 2.05) is 24.3 Å². The Morgan fingerprint density at radius 2 is 1.91 bits per heavy atom. The van der Waals surface area contributed by atoms with E-state index in [1.54, 1.807) is 0 Å². The van der Waals surface area contributed by atoms with Crippen LogP contribution in [0.5, 0.6) is 0 Å². The fraction of sp³-hybridized carbons (Fsp3) is 0.562. The van der Waals surface area contributed by atoms with E-state index >= 15 is 0 Å². The Labute approximate surface area is 135 Å². The second-order valence-electron chi connectivity index (χ2n) is 6.45. The Kier molecular flexibility index (Phi) is 4.30. The number of aliphatic hydroxyl groups is 1. The Bertz CT molecular complexity index is 551. The van der Waals surface area contributed by atoms with Crippen molar-refractivity contribution in [2.24, 2.45) is 5.41 Å². The summed E-state index contributed by atoms with van der Waals surface area (Å²) >= 11 is 6.26. The first kappa shape index (κ1) is 15.6. The van der Waals surface area contributed by atoms with Gasteiger partial charge in [0.15, 0.2) is 0 Å². The summed E-state index contributed by atoms with van der Waals surface area (Å²) in [5, 5.41) is 15.8. The predicted molar refractivity (Wildman–Crippen MR) is 84.1 cm³/mol. The molecule has 22 heavy (non-hydrogen) atoms. The molecule has 0 spiro atoms. The van der Waals surface area contributed by atoms with Gasteiger partial charge in [0, 0.05) is 23.5 Å². The topological polar surface area (TPSA) is 70.6 Å². The highest BCUT2D eigenvalue weighted by Crippen LogP contribution is 2.49. The van der Waals surface area contributed by atoms with Gasteiger partial charge in [-0.15, -0.1) is 0 Å². The third kappa shape index (κ3) is 3.07. The van der Waals surface area contributed by atoms with E-state index < -0.39 is 0 Å². The minimum Gasteiger partial charge on any atom is -0.396 e. The molecule has 120 valence electrons. The lowest BCUT2D eigenvalue weighted by Gasteiger charge is -2.39. The molecule has 1 aliphatic carbocycles. The Balaban J connectivity index is 1.50. The summed E-state index contributed by atoms with van der Waals surface area (Å²) < 4.78 is 5.11. The molecule has 6 heteroatoms. The SMILES string of the molecule is O=C(NCC1(CO)COC1)NCC1(c2ccccc2Cl)CC1. The van der Waals surface area contributed by atoms with Crippen LogP contribution in [0, 0.1) is 5.41 Å². The molecule has 3 N–H and O–H groups in total. The Morgan fingerprint density at radius 1 is 1.23 bits per heavy atom. The number of nitrogens with one attached hydrogen (secondary N) is 2. The van der Waals surface area contributed by atoms with Gasteiger partial charge >= 0.3 is 6.03 Å². The number of carbonyl (C=O) groups is 1. The zero-order valence-corrected chi connectivity index (χ0v) is 13.2. The number of benzene rings is 1. The first-order valence-corrected chi connectivity index (χ1v) is 7.92. The number of ether oxygens (including phenoxy) is 1. The highest BCUT2D eigenvalue weighted by Gasteiger charge is 2.45. The van der Waals surface area contributed by atoms with E-state index in [2.05, 4.69) is 10.6 Å². The van der Waals surface area contributed by atoms with Crippen molar-refractivity contribution < 1.29 is 14.6 Å². The zero-order valence-electron chi connectivity index (χ0n) is 12.4. The van der Waals surface area contributed by atoms with Crippen LogP contribution >= 0.6 is 11.6 Å². The lowest BCUT2D eigenvalue weighted by atomic mass is 9.87. The van der Waals surface area contributed by atoms with Crippen LogP contribution in [-0.4, -0.2) is 44.0 Å². The number of amides is 2.